The number of rotatable bonds is 13. The molecular formula is C48H50N14O2. The number of anilines is 2. The van der Waals surface area contributed by atoms with Gasteiger partial charge in [-0.3, -0.25) is 18.7 Å². The smallest absolute Gasteiger partial charge is 0.248 e. The zero-order chi connectivity index (χ0) is 43.9. The van der Waals surface area contributed by atoms with Crippen molar-refractivity contribution in [3.8, 4) is 11.9 Å². The highest BCUT2D eigenvalue weighted by Gasteiger charge is 2.34. The van der Waals surface area contributed by atoms with Gasteiger partial charge >= 0.3 is 0 Å². The number of amides is 2. The summed E-state index contributed by atoms with van der Waals surface area (Å²) in [5.41, 5.74) is 8.00. The van der Waals surface area contributed by atoms with Crippen molar-refractivity contribution in [3.63, 3.8) is 0 Å². The number of hydrogen-bond donors (Lipinski definition) is 2. The molecule has 6 aromatic heterocycles. The topological polar surface area (TPSA) is 162 Å². The third kappa shape index (κ3) is 7.75. The maximum Gasteiger partial charge on any atom is 0.248 e. The molecule has 16 heteroatoms. The number of imidazole rings is 2. The van der Waals surface area contributed by atoms with E-state index in [-0.39, 0.29) is 23.9 Å². The van der Waals surface area contributed by atoms with Crippen LogP contribution in [0.25, 0.3) is 33.7 Å². The van der Waals surface area contributed by atoms with Gasteiger partial charge in [0.05, 0.1) is 12.6 Å². The number of benzene rings is 2. The SMILES string of the molecule is C=C(C(=O)NCc1ccc2c(c1)c(C)cn2Cc1cnc(-n2ccnc2)nc1N1CCC[C@@H]1C(=O)NCc1ccc2c(c1)c(C)cn2C)[C@H]1CCCN1c1ccnc(-n2ccnc2)n1. The second-order valence-corrected chi connectivity index (χ2v) is 16.9. The number of hydrogen-bond acceptors (Lipinski definition) is 10. The molecule has 8 aromatic rings. The molecular weight excluding hydrogens is 805 g/mol. The monoisotopic (exact) mass is 854 g/mol. The predicted molar refractivity (Wildman–Crippen MR) is 245 cm³/mol. The molecule has 2 fully saturated rings. The fourth-order valence-electron chi connectivity index (χ4n) is 9.39. The van der Waals surface area contributed by atoms with E-state index in [1.165, 1.54) is 16.5 Å². The maximum absolute atomic E-state index is 14.0. The summed E-state index contributed by atoms with van der Waals surface area (Å²) < 4.78 is 7.88. The second kappa shape index (κ2) is 16.9. The van der Waals surface area contributed by atoms with E-state index in [4.69, 9.17) is 15.0 Å². The molecule has 2 aliphatic rings. The lowest BCUT2D eigenvalue weighted by molar-refractivity contribution is -0.122. The number of nitrogens with one attached hydrogen (secondary N) is 2. The fourth-order valence-corrected chi connectivity index (χ4v) is 9.39. The average molecular weight is 855 g/mol. The standard InChI is InChI=1S/C48H50N14O2/c1-31-26-57(4)40-11-9-34(21-37(31)40)24-53-46(64)42-8-6-18-62(42)44-36(25-54-48(56-44)59-20-16-50-30-59)28-60-27-32(2)38-22-35(10-12-41(38)60)23-52-45(63)33(3)39-7-5-17-61(39)43-13-14-51-47(55-43)58-19-15-49-29-58/h9-16,19-22,25-27,29-30,39,42H,3,5-8,17-18,23-24,28H2,1-2,4H3,(H,52,63)(H,53,64)/t39-,42-/m1/s1. The first-order valence-electron chi connectivity index (χ1n) is 21.7. The summed E-state index contributed by atoms with van der Waals surface area (Å²) >= 11 is 0. The highest BCUT2D eigenvalue weighted by Crippen LogP contribution is 2.32. The first kappa shape index (κ1) is 40.5. The molecule has 2 amide bonds. The lowest BCUT2D eigenvalue weighted by Gasteiger charge is -2.27. The van der Waals surface area contributed by atoms with Gasteiger partial charge in [0.15, 0.2) is 0 Å². The van der Waals surface area contributed by atoms with Crippen LogP contribution >= 0.6 is 0 Å². The highest BCUT2D eigenvalue weighted by molar-refractivity contribution is 5.95. The Hall–Kier alpha value is -7.62. The largest absolute Gasteiger partial charge is 0.350 e. The Morgan fingerprint density at radius 2 is 1.41 bits per heavy atom. The van der Waals surface area contributed by atoms with Crippen LogP contribution in [0, 0.1) is 13.8 Å². The van der Waals surface area contributed by atoms with E-state index >= 15 is 0 Å². The zero-order valence-electron chi connectivity index (χ0n) is 36.2. The Morgan fingerprint density at radius 1 is 0.750 bits per heavy atom. The van der Waals surface area contributed by atoms with Gasteiger partial charge in [0, 0.05) is 116 Å². The van der Waals surface area contributed by atoms with Crippen LogP contribution in [0.4, 0.5) is 11.6 Å². The van der Waals surface area contributed by atoms with Gasteiger partial charge in [-0.2, -0.15) is 9.97 Å². The lowest BCUT2D eigenvalue weighted by Crippen LogP contribution is -2.44. The van der Waals surface area contributed by atoms with Crippen molar-refractivity contribution in [1.82, 2.24) is 58.8 Å². The quantitative estimate of drug-likeness (QED) is 0.134. The van der Waals surface area contributed by atoms with Crippen molar-refractivity contribution in [1.29, 1.82) is 0 Å². The third-order valence-corrected chi connectivity index (χ3v) is 12.7. The van der Waals surface area contributed by atoms with E-state index < -0.39 is 0 Å². The normalized spacial score (nSPS) is 16.3. The first-order valence-corrected chi connectivity index (χ1v) is 21.7. The Balaban J connectivity index is 0.843. The molecule has 10 rings (SSSR count). The van der Waals surface area contributed by atoms with Gasteiger partial charge < -0.3 is 29.6 Å². The van der Waals surface area contributed by atoms with Crippen LogP contribution < -0.4 is 20.4 Å². The summed E-state index contributed by atoms with van der Waals surface area (Å²) in [6.07, 6.45) is 21.5. The lowest BCUT2D eigenvalue weighted by atomic mass is 10.1. The maximum atomic E-state index is 14.0. The predicted octanol–water partition coefficient (Wildman–Crippen LogP) is 5.88. The second-order valence-electron chi connectivity index (χ2n) is 16.9. The number of nitrogens with zero attached hydrogens (tertiary/aromatic N) is 12. The number of aromatic nitrogens is 10. The van der Waals surface area contributed by atoms with E-state index in [0.29, 0.717) is 43.6 Å². The third-order valence-electron chi connectivity index (χ3n) is 12.7. The number of carbonyl (C=O) groups excluding carboxylic acids is 2. The van der Waals surface area contributed by atoms with Crippen molar-refractivity contribution >= 4 is 45.3 Å². The van der Waals surface area contributed by atoms with Gasteiger partial charge in [0.25, 0.3) is 0 Å². The van der Waals surface area contributed by atoms with Crippen molar-refractivity contribution in [2.24, 2.45) is 7.05 Å². The Kier molecular flexibility index (Phi) is 10.7. The van der Waals surface area contributed by atoms with Crippen LogP contribution in [-0.4, -0.2) is 85.2 Å². The van der Waals surface area contributed by atoms with Crippen LogP contribution in [0.2, 0.25) is 0 Å². The molecule has 324 valence electrons. The fraction of sp³-hybridized carbons (Fsp3) is 0.292. The minimum atomic E-state index is -0.381. The molecule has 0 aliphatic carbocycles. The van der Waals surface area contributed by atoms with Gasteiger partial charge in [0.2, 0.25) is 23.7 Å². The molecule has 2 N–H and O–H groups in total. The van der Waals surface area contributed by atoms with Gasteiger partial charge in [-0.1, -0.05) is 18.7 Å². The van der Waals surface area contributed by atoms with Gasteiger partial charge in [-0.05, 0) is 92.1 Å². The summed E-state index contributed by atoms with van der Waals surface area (Å²) in [7, 11) is 2.05. The Morgan fingerprint density at radius 3 is 2.14 bits per heavy atom. The van der Waals surface area contributed by atoms with Crippen molar-refractivity contribution in [2.75, 3.05) is 22.9 Å². The van der Waals surface area contributed by atoms with Crippen LogP contribution in [0.15, 0.2) is 117 Å². The van der Waals surface area contributed by atoms with Crippen molar-refractivity contribution in [3.05, 3.63) is 145 Å². The number of carbonyl (C=O) groups is 2. The molecule has 0 saturated carbocycles. The molecule has 8 heterocycles. The van der Waals surface area contributed by atoms with Gasteiger partial charge in [0.1, 0.15) is 30.3 Å². The molecule has 2 saturated heterocycles. The zero-order valence-corrected chi connectivity index (χ0v) is 36.2. The van der Waals surface area contributed by atoms with Gasteiger partial charge in [-0.25, -0.2) is 19.9 Å². The summed E-state index contributed by atoms with van der Waals surface area (Å²) in [4.78, 5) is 59.2. The molecule has 2 aliphatic heterocycles. The van der Waals surface area contributed by atoms with Crippen molar-refractivity contribution < 1.29 is 9.59 Å². The molecule has 0 spiro atoms. The van der Waals surface area contributed by atoms with E-state index in [2.05, 4.69) is 121 Å². The molecule has 2 atom stereocenters. The Bertz CT molecular complexity index is 3020. The van der Waals surface area contributed by atoms with Crippen LogP contribution in [0.3, 0.4) is 0 Å². The van der Waals surface area contributed by atoms with Crippen LogP contribution in [0.1, 0.15) is 53.5 Å². The molecule has 0 radical (unpaired) electrons. The van der Waals surface area contributed by atoms with E-state index in [9.17, 15) is 9.59 Å². The average Bonchev–Trinajstić information content (AvgIpc) is 4.19. The molecule has 0 unspecified atom stereocenters. The molecule has 0 bridgehead atoms. The molecule has 16 nitrogen and oxygen atoms in total. The van der Waals surface area contributed by atoms with Crippen LogP contribution in [0.5, 0.6) is 0 Å². The summed E-state index contributed by atoms with van der Waals surface area (Å²) in [5, 5.41) is 8.65. The van der Waals surface area contributed by atoms with Crippen molar-refractivity contribution in [2.45, 2.75) is 71.2 Å². The highest BCUT2D eigenvalue weighted by atomic mass is 16.2. The Labute approximate surface area is 370 Å². The molecule has 2 aromatic carbocycles. The van der Waals surface area contributed by atoms with Crippen LogP contribution in [-0.2, 0) is 36.3 Å². The van der Waals surface area contributed by atoms with Gasteiger partial charge in [-0.15, -0.1) is 0 Å². The summed E-state index contributed by atoms with van der Waals surface area (Å²) in [6, 6.07) is 14.0. The number of fused-ring (bicyclic) bond motifs is 2. The van der Waals surface area contributed by atoms with E-state index in [0.717, 1.165) is 77.0 Å². The number of aryl methyl sites for hydroxylation is 3. The van der Waals surface area contributed by atoms with E-state index in [1.807, 2.05) is 18.5 Å². The summed E-state index contributed by atoms with van der Waals surface area (Å²) in [5.74, 6) is 2.30. The molecule has 64 heavy (non-hydrogen) atoms. The summed E-state index contributed by atoms with van der Waals surface area (Å²) in [6.45, 7) is 11.2. The first-order chi connectivity index (χ1) is 31.2. The van der Waals surface area contributed by atoms with E-state index in [1.54, 1.807) is 46.6 Å². The minimum Gasteiger partial charge on any atom is -0.350 e. The minimum absolute atomic E-state index is 0.0203.